The van der Waals surface area contributed by atoms with Crippen molar-refractivity contribution in [2.75, 3.05) is 0 Å². The maximum absolute atomic E-state index is 2.35. The molecular weight excluding hydrogens is 168 g/mol. The first-order valence-corrected chi connectivity index (χ1v) is 5.51. The van der Waals surface area contributed by atoms with Gasteiger partial charge in [-0.25, -0.2) is 0 Å². The molecule has 1 aromatic rings. The molecule has 0 heteroatoms. The van der Waals surface area contributed by atoms with Crippen LogP contribution in [0.2, 0.25) is 0 Å². The number of benzene rings is 1. The monoisotopic (exact) mass is 190 g/mol. The maximum Gasteiger partial charge on any atom is -0.0253 e. The summed E-state index contributed by atoms with van der Waals surface area (Å²) in [6, 6.07) is 10.8. The van der Waals surface area contributed by atoms with Crippen molar-refractivity contribution in [2.45, 2.75) is 40.5 Å². The van der Waals surface area contributed by atoms with Gasteiger partial charge >= 0.3 is 0 Å². The highest BCUT2D eigenvalue weighted by atomic mass is 14.2. The average molecular weight is 190 g/mol. The Morgan fingerprint density at radius 1 is 1.07 bits per heavy atom. The molecule has 0 bridgehead atoms. The van der Waals surface area contributed by atoms with E-state index in [1.54, 1.807) is 0 Å². The highest BCUT2D eigenvalue weighted by Gasteiger charge is 2.15. The molecular formula is C14H22. The second kappa shape index (κ2) is 4.63. The highest BCUT2D eigenvalue weighted by molar-refractivity contribution is 5.15. The number of hydrogen-bond acceptors (Lipinski definition) is 0. The zero-order valence-corrected chi connectivity index (χ0v) is 9.88. The third-order valence-corrected chi connectivity index (χ3v) is 2.39. The van der Waals surface area contributed by atoms with E-state index in [4.69, 9.17) is 0 Å². The zero-order chi connectivity index (χ0) is 10.6. The number of hydrogen-bond donors (Lipinski definition) is 0. The van der Waals surface area contributed by atoms with Crippen molar-refractivity contribution in [3.05, 3.63) is 35.9 Å². The largest absolute Gasteiger partial charge is 0.0622 e. The van der Waals surface area contributed by atoms with Gasteiger partial charge in [-0.1, -0.05) is 58.0 Å². The van der Waals surface area contributed by atoms with Crippen LogP contribution in [0.15, 0.2) is 30.3 Å². The number of rotatable bonds is 3. The zero-order valence-electron chi connectivity index (χ0n) is 9.88. The normalized spacial score (nSPS) is 14.0. The van der Waals surface area contributed by atoms with E-state index in [-0.39, 0.29) is 0 Å². The van der Waals surface area contributed by atoms with Crippen LogP contribution in [0.4, 0.5) is 0 Å². The van der Waals surface area contributed by atoms with Crippen molar-refractivity contribution in [2.24, 2.45) is 11.3 Å². The summed E-state index contributed by atoms with van der Waals surface area (Å²) in [5, 5.41) is 0. The summed E-state index contributed by atoms with van der Waals surface area (Å²) in [6.07, 6.45) is 2.50. The molecule has 0 nitrogen and oxygen atoms in total. The van der Waals surface area contributed by atoms with E-state index in [1.807, 2.05) is 0 Å². The molecule has 0 saturated heterocycles. The van der Waals surface area contributed by atoms with Crippen LogP contribution in [0.3, 0.4) is 0 Å². The molecule has 0 aliphatic heterocycles. The molecule has 1 atom stereocenters. The fourth-order valence-corrected chi connectivity index (χ4v) is 2.13. The topological polar surface area (TPSA) is 0 Å². The Morgan fingerprint density at radius 2 is 1.64 bits per heavy atom. The van der Waals surface area contributed by atoms with Gasteiger partial charge in [-0.3, -0.25) is 0 Å². The quantitative estimate of drug-likeness (QED) is 0.666. The summed E-state index contributed by atoms with van der Waals surface area (Å²) in [6.45, 7) is 9.29. The fraction of sp³-hybridized carbons (Fsp3) is 0.571. The third kappa shape index (κ3) is 4.45. The van der Waals surface area contributed by atoms with Gasteiger partial charge in [0.25, 0.3) is 0 Å². The van der Waals surface area contributed by atoms with Crippen LogP contribution in [-0.2, 0) is 6.42 Å². The Kier molecular flexibility index (Phi) is 3.74. The van der Waals surface area contributed by atoms with E-state index >= 15 is 0 Å². The Bertz CT molecular complexity index is 253. The SMILES string of the molecule is CC(Cc1ccccc1)CC(C)(C)C. The molecule has 1 unspecified atom stereocenters. The van der Waals surface area contributed by atoms with Crippen LogP contribution in [0.1, 0.15) is 39.7 Å². The molecule has 1 rings (SSSR count). The van der Waals surface area contributed by atoms with E-state index < -0.39 is 0 Å². The van der Waals surface area contributed by atoms with Crippen LogP contribution in [0.25, 0.3) is 0 Å². The van der Waals surface area contributed by atoms with Gasteiger partial charge in [0, 0.05) is 0 Å². The summed E-state index contributed by atoms with van der Waals surface area (Å²) in [7, 11) is 0. The average Bonchev–Trinajstić information content (AvgIpc) is 2.02. The van der Waals surface area contributed by atoms with E-state index in [0.29, 0.717) is 5.41 Å². The molecule has 0 amide bonds. The third-order valence-electron chi connectivity index (χ3n) is 2.39. The molecule has 0 fully saturated rings. The Hall–Kier alpha value is -0.780. The van der Waals surface area contributed by atoms with Crippen LogP contribution in [0.5, 0.6) is 0 Å². The van der Waals surface area contributed by atoms with E-state index in [1.165, 1.54) is 18.4 Å². The Morgan fingerprint density at radius 3 is 2.14 bits per heavy atom. The first-order chi connectivity index (χ1) is 6.47. The van der Waals surface area contributed by atoms with Gasteiger partial charge in [-0.2, -0.15) is 0 Å². The molecule has 0 N–H and O–H groups in total. The summed E-state index contributed by atoms with van der Waals surface area (Å²) < 4.78 is 0. The van der Waals surface area contributed by atoms with Gasteiger partial charge < -0.3 is 0 Å². The van der Waals surface area contributed by atoms with Crippen molar-refractivity contribution in [3.8, 4) is 0 Å². The van der Waals surface area contributed by atoms with Crippen LogP contribution < -0.4 is 0 Å². The lowest BCUT2D eigenvalue weighted by atomic mass is 9.83. The van der Waals surface area contributed by atoms with Crippen molar-refractivity contribution in [1.29, 1.82) is 0 Å². The molecule has 78 valence electrons. The van der Waals surface area contributed by atoms with Gasteiger partial charge in [0.2, 0.25) is 0 Å². The van der Waals surface area contributed by atoms with Crippen LogP contribution in [0, 0.1) is 11.3 Å². The highest BCUT2D eigenvalue weighted by Crippen LogP contribution is 2.26. The van der Waals surface area contributed by atoms with Crippen molar-refractivity contribution in [1.82, 2.24) is 0 Å². The first kappa shape index (κ1) is 11.3. The van der Waals surface area contributed by atoms with Gasteiger partial charge in [0.15, 0.2) is 0 Å². The first-order valence-electron chi connectivity index (χ1n) is 5.51. The molecule has 0 radical (unpaired) electrons. The molecule has 0 heterocycles. The van der Waals surface area contributed by atoms with Crippen molar-refractivity contribution < 1.29 is 0 Å². The van der Waals surface area contributed by atoms with E-state index in [0.717, 1.165) is 5.92 Å². The summed E-state index contributed by atoms with van der Waals surface area (Å²) >= 11 is 0. The van der Waals surface area contributed by atoms with Crippen molar-refractivity contribution >= 4 is 0 Å². The van der Waals surface area contributed by atoms with Gasteiger partial charge in [0.1, 0.15) is 0 Å². The minimum Gasteiger partial charge on any atom is -0.0622 e. The predicted octanol–water partition coefficient (Wildman–Crippen LogP) is 4.30. The predicted molar refractivity (Wildman–Crippen MR) is 63.4 cm³/mol. The molecule has 0 aliphatic carbocycles. The Labute approximate surface area is 88.4 Å². The van der Waals surface area contributed by atoms with Gasteiger partial charge in [0.05, 0.1) is 0 Å². The van der Waals surface area contributed by atoms with E-state index in [2.05, 4.69) is 58.0 Å². The second-order valence-electron chi connectivity index (χ2n) is 5.56. The Balaban J connectivity index is 2.46. The van der Waals surface area contributed by atoms with Crippen LogP contribution >= 0.6 is 0 Å². The van der Waals surface area contributed by atoms with Crippen molar-refractivity contribution in [3.63, 3.8) is 0 Å². The molecule has 0 aromatic heterocycles. The smallest absolute Gasteiger partial charge is 0.0253 e. The minimum atomic E-state index is 0.453. The lowest BCUT2D eigenvalue weighted by Crippen LogP contribution is -2.12. The molecule has 14 heavy (non-hydrogen) atoms. The molecule has 0 saturated carbocycles. The molecule has 1 aromatic carbocycles. The van der Waals surface area contributed by atoms with Gasteiger partial charge in [-0.05, 0) is 29.7 Å². The van der Waals surface area contributed by atoms with Crippen LogP contribution in [-0.4, -0.2) is 0 Å². The lowest BCUT2D eigenvalue weighted by Gasteiger charge is -2.23. The fourth-order valence-electron chi connectivity index (χ4n) is 2.13. The second-order valence-corrected chi connectivity index (χ2v) is 5.56. The minimum absolute atomic E-state index is 0.453. The summed E-state index contributed by atoms with van der Waals surface area (Å²) in [5.74, 6) is 0.775. The molecule has 0 aliphatic rings. The van der Waals surface area contributed by atoms with E-state index in [9.17, 15) is 0 Å². The summed E-state index contributed by atoms with van der Waals surface area (Å²) in [4.78, 5) is 0. The lowest BCUT2D eigenvalue weighted by molar-refractivity contribution is 0.306. The molecule has 0 spiro atoms. The summed E-state index contributed by atoms with van der Waals surface area (Å²) in [5.41, 5.74) is 1.91. The maximum atomic E-state index is 2.35. The van der Waals surface area contributed by atoms with Gasteiger partial charge in [-0.15, -0.1) is 0 Å². The standard InChI is InChI=1S/C14H22/c1-12(11-14(2,3)4)10-13-8-6-5-7-9-13/h5-9,12H,10-11H2,1-4H3.